The van der Waals surface area contributed by atoms with Crippen molar-refractivity contribution in [2.75, 3.05) is 6.54 Å². The maximum atomic E-state index is 11.8. The highest BCUT2D eigenvalue weighted by Crippen LogP contribution is 1.95. The fraction of sp³-hybridized carbons (Fsp3) is 0.667. The molecule has 1 heterocycles. The molecule has 19 heavy (non-hydrogen) atoms. The minimum absolute atomic E-state index is 0.0559. The summed E-state index contributed by atoms with van der Waals surface area (Å²) in [4.78, 5) is 27.5. The molecule has 7 nitrogen and oxygen atoms in total. The molecule has 1 aromatic heterocycles. The summed E-state index contributed by atoms with van der Waals surface area (Å²) in [6.45, 7) is 8.12. The minimum atomic E-state index is -0.616. The SMILES string of the molecule is CCc1nc(C(=O)NC(C)C(=O)NCC(C)C)n[nH]1. The second-order valence-corrected chi connectivity index (χ2v) is 4.79. The summed E-state index contributed by atoms with van der Waals surface area (Å²) in [6.07, 6.45) is 0.671. The fourth-order valence-electron chi connectivity index (χ4n) is 1.34. The molecule has 0 aliphatic rings. The van der Waals surface area contributed by atoms with Crippen molar-refractivity contribution in [2.24, 2.45) is 5.92 Å². The van der Waals surface area contributed by atoms with Gasteiger partial charge < -0.3 is 10.6 Å². The first-order chi connectivity index (χ1) is 8.93. The Hall–Kier alpha value is -1.92. The molecule has 1 aromatic rings. The minimum Gasteiger partial charge on any atom is -0.354 e. The second kappa shape index (κ2) is 6.86. The topological polar surface area (TPSA) is 99.8 Å². The first-order valence-corrected chi connectivity index (χ1v) is 6.43. The molecule has 3 N–H and O–H groups in total. The largest absolute Gasteiger partial charge is 0.354 e. The van der Waals surface area contributed by atoms with Gasteiger partial charge in [0.25, 0.3) is 5.91 Å². The lowest BCUT2D eigenvalue weighted by molar-refractivity contribution is -0.122. The summed E-state index contributed by atoms with van der Waals surface area (Å²) >= 11 is 0. The van der Waals surface area contributed by atoms with E-state index in [1.165, 1.54) is 0 Å². The highest BCUT2D eigenvalue weighted by Gasteiger charge is 2.19. The number of carbonyl (C=O) groups excluding carboxylic acids is 2. The van der Waals surface area contributed by atoms with Crippen LogP contribution >= 0.6 is 0 Å². The molecule has 0 aliphatic carbocycles. The Labute approximate surface area is 112 Å². The van der Waals surface area contributed by atoms with Gasteiger partial charge in [-0.3, -0.25) is 14.7 Å². The third-order valence-electron chi connectivity index (χ3n) is 2.50. The van der Waals surface area contributed by atoms with E-state index in [4.69, 9.17) is 0 Å². The standard InChI is InChI=1S/C12H21N5O2/c1-5-9-15-10(17-16-9)12(19)14-8(4)11(18)13-6-7(2)3/h7-8H,5-6H2,1-4H3,(H,13,18)(H,14,19)(H,15,16,17). The summed E-state index contributed by atoms with van der Waals surface area (Å²) in [6, 6.07) is -0.616. The molecule has 0 saturated heterocycles. The van der Waals surface area contributed by atoms with Gasteiger partial charge in [0.05, 0.1) is 0 Å². The maximum absolute atomic E-state index is 11.8. The van der Waals surface area contributed by atoms with E-state index in [0.717, 1.165) is 0 Å². The van der Waals surface area contributed by atoms with Gasteiger partial charge in [-0.05, 0) is 12.8 Å². The first-order valence-electron chi connectivity index (χ1n) is 6.43. The van der Waals surface area contributed by atoms with Crippen LogP contribution in [0.3, 0.4) is 0 Å². The van der Waals surface area contributed by atoms with Gasteiger partial charge in [-0.1, -0.05) is 20.8 Å². The van der Waals surface area contributed by atoms with Crippen molar-refractivity contribution in [3.63, 3.8) is 0 Å². The van der Waals surface area contributed by atoms with Gasteiger partial charge in [-0.2, -0.15) is 0 Å². The molecular formula is C12H21N5O2. The van der Waals surface area contributed by atoms with Crippen molar-refractivity contribution in [1.82, 2.24) is 25.8 Å². The molecule has 0 spiro atoms. The van der Waals surface area contributed by atoms with Crippen molar-refractivity contribution < 1.29 is 9.59 Å². The number of hydrogen-bond acceptors (Lipinski definition) is 4. The van der Waals surface area contributed by atoms with Crippen LogP contribution in [0, 0.1) is 5.92 Å². The van der Waals surface area contributed by atoms with Gasteiger partial charge in [0, 0.05) is 13.0 Å². The Morgan fingerprint density at radius 3 is 2.53 bits per heavy atom. The highest BCUT2D eigenvalue weighted by atomic mass is 16.2. The third-order valence-corrected chi connectivity index (χ3v) is 2.50. The van der Waals surface area contributed by atoms with Gasteiger partial charge >= 0.3 is 0 Å². The smallest absolute Gasteiger partial charge is 0.291 e. The number of hydrogen-bond donors (Lipinski definition) is 3. The van der Waals surface area contributed by atoms with Crippen LogP contribution in [0.15, 0.2) is 0 Å². The van der Waals surface area contributed by atoms with E-state index in [1.807, 2.05) is 20.8 Å². The van der Waals surface area contributed by atoms with Crippen LogP contribution in [0.5, 0.6) is 0 Å². The number of amides is 2. The van der Waals surface area contributed by atoms with Crippen LogP contribution in [-0.4, -0.2) is 39.6 Å². The first kappa shape index (κ1) is 15.1. The molecule has 1 atom stereocenters. The zero-order valence-electron chi connectivity index (χ0n) is 11.8. The maximum Gasteiger partial charge on any atom is 0.291 e. The molecule has 1 unspecified atom stereocenters. The normalized spacial score (nSPS) is 12.3. The lowest BCUT2D eigenvalue weighted by atomic mass is 10.2. The Bertz CT molecular complexity index is 441. The van der Waals surface area contributed by atoms with E-state index in [-0.39, 0.29) is 11.7 Å². The van der Waals surface area contributed by atoms with E-state index >= 15 is 0 Å². The predicted octanol–water partition coefficient (Wildman–Crippen LogP) is 0.258. The molecule has 0 aliphatic heterocycles. The zero-order valence-corrected chi connectivity index (χ0v) is 11.8. The third kappa shape index (κ3) is 4.69. The van der Waals surface area contributed by atoms with Gasteiger partial charge in [0.15, 0.2) is 0 Å². The second-order valence-electron chi connectivity index (χ2n) is 4.79. The van der Waals surface area contributed by atoms with E-state index in [1.54, 1.807) is 6.92 Å². The van der Waals surface area contributed by atoms with Gasteiger partial charge in [0.2, 0.25) is 11.7 Å². The van der Waals surface area contributed by atoms with E-state index in [2.05, 4.69) is 25.8 Å². The van der Waals surface area contributed by atoms with E-state index in [9.17, 15) is 9.59 Å². The summed E-state index contributed by atoms with van der Waals surface area (Å²) in [5, 5.41) is 11.8. The van der Waals surface area contributed by atoms with Gasteiger partial charge in [-0.15, -0.1) is 5.10 Å². The monoisotopic (exact) mass is 267 g/mol. The molecule has 7 heteroatoms. The van der Waals surface area contributed by atoms with Crippen molar-refractivity contribution in [3.05, 3.63) is 11.6 Å². The lowest BCUT2D eigenvalue weighted by Crippen LogP contribution is -2.45. The molecular weight excluding hydrogens is 246 g/mol. The average molecular weight is 267 g/mol. The molecule has 2 amide bonds. The van der Waals surface area contributed by atoms with Gasteiger partial charge in [-0.25, -0.2) is 4.98 Å². The Morgan fingerprint density at radius 2 is 2.00 bits per heavy atom. The van der Waals surface area contributed by atoms with Crippen molar-refractivity contribution in [2.45, 2.75) is 40.2 Å². The van der Waals surface area contributed by atoms with Crippen LogP contribution in [0.1, 0.15) is 44.1 Å². The number of aryl methyl sites for hydroxylation is 1. The molecule has 0 aromatic carbocycles. The van der Waals surface area contributed by atoms with Crippen LogP contribution in [-0.2, 0) is 11.2 Å². The highest BCUT2D eigenvalue weighted by molar-refractivity contribution is 5.94. The number of nitrogens with one attached hydrogen (secondary N) is 3. The fourth-order valence-corrected chi connectivity index (χ4v) is 1.34. The summed E-state index contributed by atoms with van der Waals surface area (Å²) in [5.74, 6) is 0.394. The van der Waals surface area contributed by atoms with Crippen LogP contribution in [0.25, 0.3) is 0 Å². The molecule has 106 valence electrons. The summed E-state index contributed by atoms with van der Waals surface area (Å²) in [7, 11) is 0. The number of aromatic nitrogens is 3. The van der Waals surface area contributed by atoms with Crippen molar-refractivity contribution in [1.29, 1.82) is 0 Å². The Morgan fingerprint density at radius 1 is 1.32 bits per heavy atom. The Balaban J connectivity index is 2.49. The van der Waals surface area contributed by atoms with E-state index in [0.29, 0.717) is 24.7 Å². The number of nitrogens with zero attached hydrogens (tertiary/aromatic N) is 2. The van der Waals surface area contributed by atoms with Crippen molar-refractivity contribution >= 4 is 11.8 Å². The summed E-state index contributed by atoms with van der Waals surface area (Å²) in [5.41, 5.74) is 0. The average Bonchev–Trinajstić information content (AvgIpc) is 2.84. The number of aromatic amines is 1. The molecule has 0 bridgehead atoms. The molecule has 0 radical (unpaired) electrons. The molecule has 0 saturated carbocycles. The van der Waals surface area contributed by atoms with Crippen LogP contribution in [0.4, 0.5) is 0 Å². The lowest BCUT2D eigenvalue weighted by Gasteiger charge is -2.14. The number of H-pyrrole nitrogens is 1. The van der Waals surface area contributed by atoms with Crippen LogP contribution in [0.2, 0.25) is 0 Å². The van der Waals surface area contributed by atoms with Crippen molar-refractivity contribution in [3.8, 4) is 0 Å². The van der Waals surface area contributed by atoms with E-state index < -0.39 is 11.9 Å². The molecule has 1 rings (SSSR count). The predicted molar refractivity (Wildman–Crippen MR) is 70.5 cm³/mol. The zero-order chi connectivity index (χ0) is 14.4. The summed E-state index contributed by atoms with van der Waals surface area (Å²) < 4.78 is 0. The Kier molecular flexibility index (Phi) is 5.47. The van der Waals surface area contributed by atoms with Gasteiger partial charge in [0.1, 0.15) is 11.9 Å². The van der Waals surface area contributed by atoms with Crippen LogP contribution < -0.4 is 10.6 Å². The number of carbonyl (C=O) groups is 2. The number of rotatable bonds is 6. The molecule has 0 fully saturated rings. The quantitative estimate of drug-likeness (QED) is 0.688.